The van der Waals surface area contributed by atoms with E-state index in [1.165, 1.54) is 38.3 Å². The highest BCUT2D eigenvalue weighted by atomic mass is 19.4. The molecule has 3 rings (SSSR count). The van der Waals surface area contributed by atoms with Crippen molar-refractivity contribution in [2.24, 2.45) is 10.7 Å². The van der Waals surface area contributed by atoms with Gasteiger partial charge in [-0.3, -0.25) is 14.6 Å². The highest BCUT2D eigenvalue weighted by molar-refractivity contribution is 5.99. The van der Waals surface area contributed by atoms with Gasteiger partial charge in [-0.2, -0.15) is 13.2 Å². The van der Waals surface area contributed by atoms with E-state index in [1.807, 2.05) is 0 Å². The van der Waals surface area contributed by atoms with E-state index in [9.17, 15) is 27.2 Å². The second-order valence-electron chi connectivity index (χ2n) is 7.09. The van der Waals surface area contributed by atoms with Crippen molar-refractivity contribution >= 4 is 23.6 Å². The van der Waals surface area contributed by atoms with Gasteiger partial charge in [-0.1, -0.05) is 12.2 Å². The summed E-state index contributed by atoms with van der Waals surface area (Å²) in [5, 5.41) is 2.34. The smallest absolute Gasteiger partial charge is 0.369 e. The number of nitrogens with one attached hydrogen (secondary N) is 1. The van der Waals surface area contributed by atoms with Gasteiger partial charge in [0.05, 0.1) is 12.0 Å². The van der Waals surface area contributed by atoms with E-state index in [1.54, 1.807) is 0 Å². The number of carbonyl (C=O) groups excluding carboxylic acids is 2. The Morgan fingerprint density at radius 1 is 1.33 bits per heavy atom. The zero-order chi connectivity index (χ0) is 22.3. The monoisotopic (exact) mass is 425 g/mol. The lowest BCUT2D eigenvalue weighted by atomic mass is 9.87. The van der Waals surface area contributed by atoms with Crippen molar-refractivity contribution in [3.05, 3.63) is 53.5 Å². The number of carbonyl (C=O) groups is 2. The number of halogens is 4. The van der Waals surface area contributed by atoms with Crippen LogP contribution in [0.1, 0.15) is 18.9 Å². The van der Waals surface area contributed by atoms with E-state index in [0.717, 1.165) is 17.0 Å². The molecule has 3 N–H and O–H groups in total. The number of amides is 3. The number of guanidine groups is 1. The first-order valence-corrected chi connectivity index (χ1v) is 8.87. The van der Waals surface area contributed by atoms with E-state index in [0.29, 0.717) is 4.90 Å². The van der Waals surface area contributed by atoms with Crippen molar-refractivity contribution in [1.82, 2.24) is 9.80 Å². The minimum atomic E-state index is -4.72. The van der Waals surface area contributed by atoms with Crippen LogP contribution in [-0.2, 0) is 10.3 Å². The molecular weight excluding hydrogens is 406 g/mol. The molecule has 160 valence electrons. The van der Waals surface area contributed by atoms with Gasteiger partial charge in [0.25, 0.3) is 0 Å². The number of benzene rings is 1. The summed E-state index contributed by atoms with van der Waals surface area (Å²) in [6.07, 6.45) is -1.49. The van der Waals surface area contributed by atoms with Gasteiger partial charge in [-0.15, -0.1) is 0 Å². The summed E-state index contributed by atoms with van der Waals surface area (Å²) in [6, 6.07) is 2.45. The second-order valence-corrected chi connectivity index (χ2v) is 7.09. The molecule has 7 nitrogen and oxygen atoms in total. The number of hydrogen-bond donors (Lipinski definition) is 2. The van der Waals surface area contributed by atoms with E-state index in [4.69, 9.17) is 5.73 Å². The number of rotatable bonds is 2. The normalized spacial score (nSPS) is 22.0. The Morgan fingerprint density at radius 2 is 2.03 bits per heavy atom. The average Bonchev–Trinajstić information content (AvgIpc) is 2.66. The molecule has 0 aliphatic carbocycles. The van der Waals surface area contributed by atoms with Gasteiger partial charge in [0, 0.05) is 24.8 Å². The first-order valence-electron chi connectivity index (χ1n) is 8.87. The van der Waals surface area contributed by atoms with Crippen LogP contribution in [0.4, 0.5) is 28.0 Å². The quantitative estimate of drug-likeness (QED) is 0.714. The molecule has 0 radical (unpaired) electrons. The predicted octanol–water partition coefficient (Wildman–Crippen LogP) is 3.07. The number of hydrogen-bond acceptors (Lipinski definition) is 4. The van der Waals surface area contributed by atoms with Crippen LogP contribution >= 0.6 is 0 Å². The first kappa shape index (κ1) is 21.3. The molecule has 0 saturated heterocycles. The van der Waals surface area contributed by atoms with E-state index < -0.39 is 29.3 Å². The fourth-order valence-electron chi connectivity index (χ4n) is 3.22. The molecule has 0 spiro atoms. The molecule has 11 heteroatoms. The Kier molecular flexibility index (Phi) is 5.31. The maximum atomic E-state index is 14.5. The molecule has 1 aromatic rings. The van der Waals surface area contributed by atoms with E-state index in [2.05, 4.69) is 10.3 Å². The maximum absolute atomic E-state index is 14.5. The fourth-order valence-corrected chi connectivity index (χ4v) is 3.22. The maximum Gasteiger partial charge on any atom is 0.431 e. The van der Waals surface area contributed by atoms with Gasteiger partial charge < -0.3 is 11.1 Å². The summed E-state index contributed by atoms with van der Waals surface area (Å²) in [7, 11) is 1.44. The molecule has 0 aromatic heterocycles. The topological polar surface area (TPSA) is 91.0 Å². The molecule has 30 heavy (non-hydrogen) atoms. The Hall–Kier alpha value is -3.37. The van der Waals surface area contributed by atoms with Crippen LogP contribution in [0, 0.1) is 5.82 Å². The molecule has 0 unspecified atom stereocenters. The molecule has 0 saturated carbocycles. The van der Waals surface area contributed by atoms with Crippen LogP contribution in [0.2, 0.25) is 0 Å². The summed E-state index contributed by atoms with van der Waals surface area (Å²) in [5.41, 5.74) is 3.33. The molecule has 2 aliphatic rings. The van der Waals surface area contributed by atoms with Crippen LogP contribution in [0.25, 0.3) is 0 Å². The van der Waals surface area contributed by atoms with Crippen LogP contribution in [-0.4, -0.2) is 47.5 Å². The Balaban J connectivity index is 1.89. The van der Waals surface area contributed by atoms with Crippen molar-refractivity contribution in [2.75, 3.05) is 18.9 Å². The third-order valence-electron chi connectivity index (χ3n) is 4.88. The number of allylic oxidation sites excluding steroid dienone is 3. The number of alkyl halides is 3. The van der Waals surface area contributed by atoms with Gasteiger partial charge in [-0.05, 0) is 31.2 Å². The SMILES string of the molecule is CN1C(=O)C[C@@](C)(c2cc(NC(=O)N3CC=CC=C3C(F)(F)F)ccc2F)N=C1N. The van der Waals surface area contributed by atoms with Crippen molar-refractivity contribution in [2.45, 2.75) is 25.1 Å². The summed E-state index contributed by atoms with van der Waals surface area (Å²) in [4.78, 5) is 30.5. The molecule has 0 bridgehead atoms. The molecular formula is C19H19F4N5O2. The van der Waals surface area contributed by atoms with Crippen molar-refractivity contribution < 1.29 is 27.2 Å². The Labute approximate surface area is 169 Å². The van der Waals surface area contributed by atoms with Crippen molar-refractivity contribution in [3.8, 4) is 0 Å². The average molecular weight is 425 g/mol. The number of aliphatic imine (C=N–C) groups is 1. The van der Waals surface area contributed by atoms with Crippen LogP contribution in [0.5, 0.6) is 0 Å². The predicted molar refractivity (Wildman–Crippen MR) is 102 cm³/mol. The van der Waals surface area contributed by atoms with Gasteiger partial charge in [0.15, 0.2) is 5.96 Å². The minimum Gasteiger partial charge on any atom is -0.369 e. The lowest BCUT2D eigenvalue weighted by molar-refractivity contribution is -0.128. The van der Waals surface area contributed by atoms with Gasteiger partial charge >= 0.3 is 12.2 Å². The molecule has 2 aliphatic heterocycles. The van der Waals surface area contributed by atoms with Crippen molar-refractivity contribution in [3.63, 3.8) is 0 Å². The third kappa shape index (κ3) is 4.00. The lowest BCUT2D eigenvalue weighted by Crippen LogP contribution is -2.47. The zero-order valence-corrected chi connectivity index (χ0v) is 16.1. The largest absolute Gasteiger partial charge is 0.431 e. The van der Waals surface area contributed by atoms with Crippen LogP contribution in [0.15, 0.2) is 47.1 Å². The van der Waals surface area contributed by atoms with Gasteiger partial charge in [-0.25, -0.2) is 14.2 Å². The highest BCUT2D eigenvalue weighted by Gasteiger charge is 2.41. The van der Waals surface area contributed by atoms with E-state index in [-0.39, 0.29) is 36.1 Å². The van der Waals surface area contributed by atoms with Crippen LogP contribution in [0.3, 0.4) is 0 Å². The first-order chi connectivity index (χ1) is 13.9. The third-order valence-corrected chi connectivity index (χ3v) is 4.88. The molecule has 3 amide bonds. The Morgan fingerprint density at radius 3 is 2.67 bits per heavy atom. The lowest BCUT2D eigenvalue weighted by Gasteiger charge is -2.34. The summed E-state index contributed by atoms with van der Waals surface area (Å²) in [5.74, 6) is -1.16. The van der Waals surface area contributed by atoms with Gasteiger partial charge in [0.2, 0.25) is 5.91 Å². The van der Waals surface area contributed by atoms with E-state index >= 15 is 0 Å². The molecule has 0 fully saturated rings. The standard InChI is InChI=1S/C19H19F4N5O2/c1-18(10-15(29)27(2)16(24)26-18)12-9-11(6-7-13(12)20)25-17(30)28-8-4-3-5-14(28)19(21,22)23/h3-7,9H,8,10H2,1-2H3,(H2,24,26)(H,25,30)/t18-/m0/s1. The second kappa shape index (κ2) is 7.47. The zero-order valence-electron chi connectivity index (χ0n) is 16.1. The van der Waals surface area contributed by atoms with Crippen LogP contribution < -0.4 is 11.1 Å². The minimum absolute atomic E-state index is 0.0187. The molecule has 1 atom stereocenters. The highest BCUT2D eigenvalue weighted by Crippen LogP contribution is 2.36. The number of anilines is 1. The summed E-state index contributed by atoms with van der Waals surface area (Å²) >= 11 is 0. The number of urea groups is 1. The molecule has 2 heterocycles. The Bertz CT molecular complexity index is 986. The summed E-state index contributed by atoms with van der Waals surface area (Å²) < 4.78 is 54.0. The fraction of sp³-hybridized carbons (Fsp3) is 0.316. The van der Waals surface area contributed by atoms with Gasteiger partial charge in [0.1, 0.15) is 11.5 Å². The van der Waals surface area contributed by atoms with Crippen molar-refractivity contribution in [1.29, 1.82) is 0 Å². The summed E-state index contributed by atoms with van der Waals surface area (Å²) in [6.45, 7) is 1.24. The number of nitrogens with zero attached hydrogens (tertiary/aromatic N) is 3. The molecule has 1 aromatic carbocycles. The number of nitrogens with two attached hydrogens (primary N) is 1.